The lowest BCUT2D eigenvalue weighted by Gasteiger charge is -2.33. The maximum atomic E-state index is 12.6. The van der Waals surface area contributed by atoms with Gasteiger partial charge in [-0.2, -0.15) is 21.8 Å². The van der Waals surface area contributed by atoms with E-state index in [1.54, 1.807) is 11.4 Å². The van der Waals surface area contributed by atoms with Crippen LogP contribution >= 0.6 is 11.3 Å². The predicted octanol–water partition coefficient (Wildman–Crippen LogP) is 2.46. The van der Waals surface area contributed by atoms with Gasteiger partial charge in [0.15, 0.2) is 0 Å². The highest BCUT2D eigenvalue weighted by molar-refractivity contribution is 7.91. The molecule has 0 saturated carbocycles. The van der Waals surface area contributed by atoms with E-state index in [2.05, 4.69) is 0 Å². The molecule has 2 aromatic rings. The second kappa shape index (κ2) is 7.17. The van der Waals surface area contributed by atoms with Crippen molar-refractivity contribution < 1.29 is 30.0 Å². The fourth-order valence-corrected chi connectivity index (χ4v) is 6.64. The van der Waals surface area contributed by atoms with Gasteiger partial charge < -0.3 is 0 Å². The third-order valence-electron chi connectivity index (χ3n) is 4.11. The summed E-state index contributed by atoms with van der Waals surface area (Å²) in [7, 11) is -7.67. The molecule has 0 radical (unpaired) electrons. The molecule has 1 saturated heterocycles. The van der Waals surface area contributed by atoms with Gasteiger partial charge in [0.05, 0.1) is 10.5 Å². The third kappa shape index (κ3) is 4.04. The summed E-state index contributed by atoms with van der Waals surface area (Å²) in [6, 6.07) is 6.34. The van der Waals surface area contributed by atoms with E-state index in [0.717, 1.165) is 27.8 Å². The first-order valence-electron chi connectivity index (χ1n) is 7.74. The lowest BCUT2D eigenvalue weighted by atomic mass is 10.2. The van der Waals surface area contributed by atoms with Crippen molar-refractivity contribution in [1.29, 1.82) is 0 Å². The molecular weight excluding hydrogens is 425 g/mol. The van der Waals surface area contributed by atoms with Crippen molar-refractivity contribution in [1.82, 2.24) is 8.61 Å². The largest absolute Gasteiger partial charge is 0.416 e. The molecule has 0 aliphatic carbocycles. The van der Waals surface area contributed by atoms with Crippen molar-refractivity contribution in [2.75, 3.05) is 26.2 Å². The van der Waals surface area contributed by atoms with E-state index >= 15 is 0 Å². The van der Waals surface area contributed by atoms with Gasteiger partial charge in [0.25, 0.3) is 10.0 Å². The summed E-state index contributed by atoms with van der Waals surface area (Å²) >= 11 is 1.08. The van der Waals surface area contributed by atoms with Gasteiger partial charge in [-0.1, -0.05) is 6.07 Å². The number of rotatable bonds is 4. The van der Waals surface area contributed by atoms with Crippen LogP contribution in [-0.4, -0.2) is 51.6 Å². The van der Waals surface area contributed by atoms with Crippen LogP contribution in [0.5, 0.6) is 0 Å². The van der Waals surface area contributed by atoms with Crippen molar-refractivity contribution in [3.63, 3.8) is 0 Å². The summed E-state index contributed by atoms with van der Waals surface area (Å²) in [5, 5.41) is 1.64. The van der Waals surface area contributed by atoms with Gasteiger partial charge in [0.2, 0.25) is 10.0 Å². The molecule has 3 rings (SSSR count). The number of nitrogens with zero attached hydrogens (tertiary/aromatic N) is 2. The van der Waals surface area contributed by atoms with Crippen LogP contribution in [0, 0.1) is 0 Å². The Morgan fingerprint density at radius 1 is 0.815 bits per heavy atom. The van der Waals surface area contributed by atoms with E-state index in [1.807, 2.05) is 0 Å². The van der Waals surface area contributed by atoms with Crippen LogP contribution in [0.15, 0.2) is 50.9 Å². The van der Waals surface area contributed by atoms with Crippen LogP contribution in [0.1, 0.15) is 5.56 Å². The molecule has 1 aliphatic rings. The molecule has 0 N–H and O–H groups in total. The molecule has 148 valence electrons. The number of halogens is 3. The highest BCUT2D eigenvalue weighted by atomic mass is 32.2. The molecule has 1 aliphatic heterocycles. The fourth-order valence-electron chi connectivity index (χ4n) is 2.65. The first-order chi connectivity index (χ1) is 12.5. The molecule has 1 fully saturated rings. The third-order valence-corrected chi connectivity index (χ3v) is 9.29. The number of thiophene rings is 1. The average molecular weight is 440 g/mol. The predicted molar refractivity (Wildman–Crippen MR) is 93.3 cm³/mol. The smallest absolute Gasteiger partial charge is 0.207 e. The van der Waals surface area contributed by atoms with E-state index in [0.29, 0.717) is 12.1 Å². The highest BCUT2D eigenvalue weighted by Gasteiger charge is 2.35. The zero-order valence-corrected chi connectivity index (χ0v) is 16.2. The second-order valence-corrected chi connectivity index (χ2v) is 10.8. The zero-order valence-electron chi connectivity index (χ0n) is 13.8. The lowest BCUT2D eigenvalue weighted by Crippen LogP contribution is -2.50. The number of alkyl halides is 3. The Bertz CT molecular complexity index is 994. The zero-order chi connectivity index (χ0) is 19.9. The minimum Gasteiger partial charge on any atom is -0.207 e. The molecule has 27 heavy (non-hydrogen) atoms. The molecule has 1 aromatic heterocycles. The minimum atomic E-state index is -4.55. The van der Waals surface area contributed by atoms with Crippen LogP contribution in [0.25, 0.3) is 0 Å². The molecule has 0 bridgehead atoms. The van der Waals surface area contributed by atoms with Crippen LogP contribution < -0.4 is 0 Å². The number of hydrogen-bond donors (Lipinski definition) is 0. The first-order valence-corrected chi connectivity index (χ1v) is 11.5. The summed E-state index contributed by atoms with van der Waals surface area (Å²) in [6.45, 7) is -0.206. The molecule has 0 spiro atoms. The van der Waals surface area contributed by atoms with Crippen molar-refractivity contribution in [3.8, 4) is 0 Å². The van der Waals surface area contributed by atoms with Crippen LogP contribution in [0.4, 0.5) is 13.2 Å². The van der Waals surface area contributed by atoms with Crippen LogP contribution in [0.3, 0.4) is 0 Å². The summed E-state index contributed by atoms with van der Waals surface area (Å²) in [5.41, 5.74) is -0.937. The minimum absolute atomic E-state index is 0.0277. The normalized spacial score (nSPS) is 17.9. The standard InChI is InChI=1S/C15H15F3N2O4S3/c16-15(17,18)12-3-5-13(6-4-12)26(21,22)19-7-9-20(10-8-19)27(23,24)14-2-1-11-25-14/h1-6,11H,7-10H2. The van der Waals surface area contributed by atoms with Gasteiger partial charge in [0, 0.05) is 26.2 Å². The topological polar surface area (TPSA) is 74.8 Å². The van der Waals surface area contributed by atoms with Gasteiger partial charge in [0.1, 0.15) is 4.21 Å². The average Bonchev–Trinajstić information content (AvgIpc) is 3.17. The molecule has 0 amide bonds. The van der Waals surface area contributed by atoms with Gasteiger partial charge >= 0.3 is 6.18 Å². The van der Waals surface area contributed by atoms with E-state index in [4.69, 9.17) is 0 Å². The Hall–Kier alpha value is -1.47. The monoisotopic (exact) mass is 440 g/mol. The molecule has 0 unspecified atom stereocenters. The Morgan fingerprint density at radius 2 is 1.33 bits per heavy atom. The van der Waals surface area contributed by atoms with E-state index in [-0.39, 0.29) is 35.3 Å². The van der Waals surface area contributed by atoms with Gasteiger partial charge in [-0.05, 0) is 35.7 Å². The summed E-state index contributed by atoms with van der Waals surface area (Å²) in [4.78, 5) is -0.259. The van der Waals surface area contributed by atoms with Crippen molar-refractivity contribution >= 4 is 31.4 Å². The second-order valence-electron chi connectivity index (χ2n) is 5.76. The number of sulfonamides is 2. The molecular formula is C15H15F3N2O4S3. The Morgan fingerprint density at radius 3 is 1.78 bits per heavy atom. The highest BCUT2D eigenvalue weighted by Crippen LogP contribution is 2.30. The molecule has 12 heteroatoms. The van der Waals surface area contributed by atoms with E-state index in [9.17, 15) is 30.0 Å². The van der Waals surface area contributed by atoms with Gasteiger partial charge in [-0.3, -0.25) is 0 Å². The van der Waals surface area contributed by atoms with Crippen molar-refractivity contribution in [3.05, 3.63) is 47.3 Å². The molecule has 2 heterocycles. The van der Waals surface area contributed by atoms with Crippen LogP contribution in [-0.2, 0) is 26.2 Å². The maximum Gasteiger partial charge on any atom is 0.416 e. The number of benzene rings is 1. The summed E-state index contributed by atoms with van der Waals surface area (Å²) < 4.78 is 90.5. The van der Waals surface area contributed by atoms with Gasteiger partial charge in [-0.15, -0.1) is 11.3 Å². The van der Waals surface area contributed by atoms with Crippen LogP contribution in [0.2, 0.25) is 0 Å². The molecule has 6 nitrogen and oxygen atoms in total. The Balaban J connectivity index is 1.73. The molecule has 0 atom stereocenters. The summed E-state index contributed by atoms with van der Waals surface area (Å²) in [5.74, 6) is 0. The SMILES string of the molecule is O=S(=O)(c1ccc(C(F)(F)F)cc1)N1CCN(S(=O)(=O)c2cccs2)CC1. The summed E-state index contributed by atoms with van der Waals surface area (Å²) in [6.07, 6.45) is -4.55. The van der Waals surface area contributed by atoms with Crippen molar-refractivity contribution in [2.24, 2.45) is 0 Å². The van der Waals surface area contributed by atoms with E-state index in [1.165, 1.54) is 10.4 Å². The quantitative estimate of drug-likeness (QED) is 0.732. The maximum absolute atomic E-state index is 12.6. The number of hydrogen-bond acceptors (Lipinski definition) is 5. The lowest BCUT2D eigenvalue weighted by molar-refractivity contribution is -0.137. The van der Waals surface area contributed by atoms with E-state index < -0.39 is 31.8 Å². The van der Waals surface area contributed by atoms with Gasteiger partial charge in [-0.25, -0.2) is 16.8 Å². The molecule has 1 aromatic carbocycles. The Labute approximate surface area is 158 Å². The van der Waals surface area contributed by atoms with Crippen molar-refractivity contribution in [2.45, 2.75) is 15.3 Å². The fraction of sp³-hybridized carbons (Fsp3) is 0.333. The first kappa shape index (κ1) is 20.3. The Kier molecular flexibility index (Phi) is 5.38. The number of piperazine rings is 1.